The predicted molar refractivity (Wildman–Crippen MR) is 133 cm³/mol. The molecule has 1 N–H and O–H groups in total. The molecule has 1 amide bonds. The highest BCUT2D eigenvalue weighted by Gasteiger charge is 2.31. The molecule has 2 heterocycles. The Hall–Kier alpha value is -2.74. The number of pyridine rings is 1. The summed E-state index contributed by atoms with van der Waals surface area (Å²) in [5.74, 6) is 0.103. The molecule has 1 fully saturated rings. The lowest BCUT2D eigenvalue weighted by Crippen LogP contribution is -2.39. The van der Waals surface area contributed by atoms with Crippen LogP contribution in [0.15, 0.2) is 77.8 Å². The number of carbonyl (C=O) groups excluding carboxylic acids is 1. The van der Waals surface area contributed by atoms with Crippen molar-refractivity contribution in [2.75, 3.05) is 19.6 Å². The van der Waals surface area contributed by atoms with E-state index in [4.69, 9.17) is 11.6 Å². The third kappa shape index (κ3) is 6.03. The Morgan fingerprint density at radius 2 is 1.76 bits per heavy atom. The van der Waals surface area contributed by atoms with Crippen LogP contribution in [0.4, 0.5) is 0 Å². The highest BCUT2D eigenvalue weighted by Crippen LogP contribution is 2.30. The first-order chi connectivity index (χ1) is 16.4. The number of aromatic nitrogens is 1. The van der Waals surface area contributed by atoms with Crippen molar-refractivity contribution in [1.82, 2.24) is 14.6 Å². The van der Waals surface area contributed by atoms with Gasteiger partial charge in [-0.25, -0.2) is 8.42 Å². The van der Waals surface area contributed by atoms with E-state index in [1.54, 1.807) is 12.3 Å². The molecule has 178 valence electrons. The Balaban J connectivity index is 1.38. The van der Waals surface area contributed by atoms with E-state index < -0.39 is 10.0 Å². The van der Waals surface area contributed by atoms with Gasteiger partial charge in [-0.05, 0) is 61.1 Å². The van der Waals surface area contributed by atoms with Crippen LogP contribution in [0.2, 0.25) is 5.02 Å². The molecule has 34 heavy (non-hydrogen) atoms. The summed E-state index contributed by atoms with van der Waals surface area (Å²) in [5, 5.41) is 2.95. The maximum absolute atomic E-state index is 13.3. The average Bonchev–Trinajstić information content (AvgIpc) is 2.86. The Morgan fingerprint density at radius 3 is 2.47 bits per heavy atom. The van der Waals surface area contributed by atoms with Gasteiger partial charge in [0.05, 0.1) is 5.02 Å². The summed E-state index contributed by atoms with van der Waals surface area (Å²) < 4.78 is 28.2. The third-order valence-electron chi connectivity index (χ3n) is 6.14. The van der Waals surface area contributed by atoms with Crippen molar-refractivity contribution in [3.63, 3.8) is 0 Å². The average molecular weight is 498 g/mol. The Bertz CT molecular complexity index is 1210. The molecule has 6 nitrogen and oxygen atoms in total. The van der Waals surface area contributed by atoms with Crippen molar-refractivity contribution >= 4 is 27.5 Å². The van der Waals surface area contributed by atoms with E-state index in [1.807, 2.05) is 36.4 Å². The molecule has 0 radical (unpaired) electrons. The van der Waals surface area contributed by atoms with Crippen molar-refractivity contribution < 1.29 is 13.2 Å². The van der Waals surface area contributed by atoms with Crippen LogP contribution in [0, 0.1) is 5.92 Å². The maximum Gasteiger partial charge on any atom is 0.251 e. The van der Waals surface area contributed by atoms with Gasteiger partial charge in [-0.1, -0.05) is 48.0 Å². The summed E-state index contributed by atoms with van der Waals surface area (Å²) in [7, 11) is -3.80. The van der Waals surface area contributed by atoms with Crippen molar-refractivity contribution in [3.8, 4) is 0 Å². The van der Waals surface area contributed by atoms with Crippen LogP contribution in [-0.2, 0) is 22.9 Å². The Labute approximate surface area is 206 Å². The summed E-state index contributed by atoms with van der Waals surface area (Å²) in [6.07, 6.45) is 4.82. The number of nitrogens with zero attached hydrogens (tertiary/aromatic N) is 2. The predicted octanol–water partition coefficient (Wildman–Crippen LogP) is 4.35. The maximum atomic E-state index is 13.3. The quantitative estimate of drug-likeness (QED) is 0.501. The van der Waals surface area contributed by atoms with Gasteiger partial charge in [0.25, 0.3) is 5.91 Å². The zero-order chi connectivity index (χ0) is 24.0. The number of rotatable bonds is 8. The smallest absolute Gasteiger partial charge is 0.251 e. The molecule has 1 aliphatic rings. The van der Waals surface area contributed by atoms with E-state index in [9.17, 15) is 13.2 Å². The summed E-state index contributed by atoms with van der Waals surface area (Å²) in [6.45, 7) is 1.28. The zero-order valence-electron chi connectivity index (χ0n) is 18.9. The molecular weight excluding hydrogens is 470 g/mol. The number of nitrogens with one attached hydrogen (secondary N) is 1. The Kier molecular flexibility index (Phi) is 7.98. The lowest BCUT2D eigenvalue weighted by molar-refractivity contribution is 0.0954. The molecule has 0 atom stereocenters. The van der Waals surface area contributed by atoms with Crippen LogP contribution < -0.4 is 5.32 Å². The fourth-order valence-corrected chi connectivity index (χ4v) is 6.20. The fraction of sp³-hybridized carbons (Fsp3) is 0.308. The molecule has 0 aliphatic carbocycles. The summed E-state index contributed by atoms with van der Waals surface area (Å²) in [4.78, 5) is 16.8. The second-order valence-corrected chi connectivity index (χ2v) is 10.8. The van der Waals surface area contributed by atoms with Crippen molar-refractivity contribution in [1.29, 1.82) is 0 Å². The number of halogens is 1. The van der Waals surface area contributed by atoms with Crippen LogP contribution in [0.5, 0.6) is 0 Å². The standard InChI is InChI=1S/C26H28ClN3O3S/c27-24-10-9-22(26(31)29-15-11-23-8-4-5-14-28-23)19-25(24)34(32,33)30-16-12-21(13-17-30)18-20-6-2-1-3-7-20/h1-10,14,19,21H,11-13,15-18H2,(H,29,31). The zero-order valence-corrected chi connectivity index (χ0v) is 20.4. The summed E-state index contributed by atoms with van der Waals surface area (Å²) in [6, 6.07) is 20.3. The first-order valence-corrected chi connectivity index (χ1v) is 13.3. The monoisotopic (exact) mass is 497 g/mol. The lowest BCUT2D eigenvalue weighted by atomic mass is 9.91. The number of hydrogen-bond acceptors (Lipinski definition) is 4. The number of benzene rings is 2. The minimum Gasteiger partial charge on any atom is -0.352 e. The van der Waals surface area contributed by atoms with Gasteiger partial charge >= 0.3 is 0 Å². The van der Waals surface area contributed by atoms with Gasteiger partial charge in [-0.3, -0.25) is 9.78 Å². The normalized spacial score (nSPS) is 15.2. The first-order valence-electron chi connectivity index (χ1n) is 11.5. The van der Waals surface area contributed by atoms with E-state index >= 15 is 0 Å². The molecular formula is C26H28ClN3O3S. The second kappa shape index (κ2) is 11.1. The molecule has 1 saturated heterocycles. The van der Waals surface area contributed by atoms with Crippen LogP contribution in [-0.4, -0.2) is 43.2 Å². The first kappa shape index (κ1) is 24.4. The molecule has 4 rings (SSSR count). The number of hydrogen-bond donors (Lipinski definition) is 1. The van der Waals surface area contributed by atoms with Crippen LogP contribution in [0.3, 0.4) is 0 Å². The number of sulfonamides is 1. The molecule has 1 aromatic heterocycles. The van der Waals surface area contributed by atoms with Crippen molar-refractivity contribution in [2.45, 2.75) is 30.6 Å². The fourth-order valence-electron chi connectivity index (χ4n) is 4.23. The van der Waals surface area contributed by atoms with Crippen LogP contribution >= 0.6 is 11.6 Å². The van der Waals surface area contributed by atoms with E-state index in [1.165, 1.54) is 22.0 Å². The van der Waals surface area contributed by atoms with Gasteiger partial charge in [-0.15, -0.1) is 0 Å². The third-order valence-corrected chi connectivity index (χ3v) is 8.52. The molecule has 1 aliphatic heterocycles. The van der Waals surface area contributed by atoms with Gasteiger partial charge < -0.3 is 5.32 Å². The Morgan fingerprint density at radius 1 is 1.03 bits per heavy atom. The van der Waals surface area contributed by atoms with Gasteiger partial charge in [0.15, 0.2) is 0 Å². The van der Waals surface area contributed by atoms with E-state index in [2.05, 4.69) is 22.4 Å². The molecule has 0 bridgehead atoms. The lowest BCUT2D eigenvalue weighted by Gasteiger charge is -2.31. The topological polar surface area (TPSA) is 79.4 Å². The molecule has 2 aromatic carbocycles. The van der Waals surface area contributed by atoms with Gasteiger partial charge in [0.2, 0.25) is 10.0 Å². The minimum absolute atomic E-state index is 0.0203. The van der Waals surface area contributed by atoms with Crippen molar-refractivity contribution in [3.05, 3.63) is 94.8 Å². The number of piperidine rings is 1. The highest BCUT2D eigenvalue weighted by atomic mass is 35.5. The van der Waals surface area contributed by atoms with Crippen LogP contribution in [0.1, 0.15) is 34.5 Å². The van der Waals surface area contributed by atoms with Crippen molar-refractivity contribution in [2.24, 2.45) is 5.92 Å². The summed E-state index contributed by atoms with van der Waals surface area (Å²) in [5.41, 5.74) is 2.41. The van der Waals surface area contributed by atoms with E-state index in [0.29, 0.717) is 32.0 Å². The number of carbonyl (C=O) groups is 1. The molecule has 0 unspecified atom stereocenters. The summed E-state index contributed by atoms with van der Waals surface area (Å²) >= 11 is 6.28. The SMILES string of the molecule is O=C(NCCc1ccccn1)c1ccc(Cl)c(S(=O)(=O)N2CCC(Cc3ccccc3)CC2)c1. The van der Waals surface area contributed by atoms with Gasteiger partial charge in [0, 0.05) is 43.5 Å². The molecule has 3 aromatic rings. The molecule has 0 saturated carbocycles. The molecule has 8 heteroatoms. The molecule has 0 spiro atoms. The second-order valence-electron chi connectivity index (χ2n) is 8.51. The van der Waals surface area contributed by atoms with Crippen LogP contribution in [0.25, 0.3) is 0 Å². The van der Waals surface area contributed by atoms with E-state index in [0.717, 1.165) is 25.0 Å². The van der Waals surface area contributed by atoms with Gasteiger partial charge in [0.1, 0.15) is 4.90 Å². The number of amides is 1. The highest BCUT2D eigenvalue weighted by molar-refractivity contribution is 7.89. The largest absolute Gasteiger partial charge is 0.352 e. The minimum atomic E-state index is -3.80. The van der Waals surface area contributed by atoms with Gasteiger partial charge in [-0.2, -0.15) is 4.31 Å². The van der Waals surface area contributed by atoms with E-state index in [-0.39, 0.29) is 21.4 Å².